The van der Waals surface area contributed by atoms with Crippen LogP contribution in [0.3, 0.4) is 0 Å². The molecule has 6 heteroatoms. The predicted molar refractivity (Wildman–Crippen MR) is 102 cm³/mol. The van der Waals surface area contributed by atoms with E-state index >= 15 is 0 Å². The van der Waals surface area contributed by atoms with Crippen molar-refractivity contribution < 1.29 is 23.5 Å². The lowest BCUT2D eigenvalue weighted by Gasteiger charge is -2.09. The Kier molecular flexibility index (Phi) is 6.36. The van der Waals surface area contributed by atoms with Gasteiger partial charge in [-0.15, -0.1) is 0 Å². The fourth-order valence-corrected chi connectivity index (χ4v) is 2.44. The summed E-state index contributed by atoms with van der Waals surface area (Å²) in [6.45, 7) is 0.0129. The summed E-state index contributed by atoms with van der Waals surface area (Å²) in [7, 11) is 0. The molecule has 5 nitrogen and oxygen atoms in total. The van der Waals surface area contributed by atoms with E-state index < -0.39 is 11.8 Å². The van der Waals surface area contributed by atoms with Crippen molar-refractivity contribution in [1.29, 1.82) is 0 Å². The van der Waals surface area contributed by atoms with Gasteiger partial charge < -0.3 is 14.8 Å². The average Bonchev–Trinajstić information content (AvgIpc) is 2.71. The van der Waals surface area contributed by atoms with Gasteiger partial charge in [0.2, 0.25) is 0 Å². The molecule has 3 aromatic rings. The van der Waals surface area contributed by atoms with Crippen molar-refractivity contribution in [2.45, 2.75) is 6.54 Å². The Labute approximate surface area is 161 Å². The monoisotopic (exact) mass is 379 g/mol. The highest BCUT2D eigenvalue weighted by Gasteiger charge is 2.10. The fraction of sp³-hybridized carbons (Fsp3) is 0.0909. The number of hydrogen-bond donors (Lipinski definition) is 1. The minimum atomic E-state index is -0.661. The summed E-state index contributed by atoms with van der Waals surface area (Å²) in [6, 6.07) is 21.3. The molecule has 0 saturated heterocycles. The quantitative estimate of drug-likeness (QED) is 0.502. The maximum atomic E-state index is 13.1. The van der Waals surface area contributed by atoms with Crippen molar-refractivity contribution in [3.05, 3.63) is 95.8 Å². The highest BCUT2D eigenvalue weighted by atomic mass is 19.1. The molecule has 0 radical (unpaired) electrons. The zero-order valence-electron chi connectivity index (χ0n) is 14.9. The summed E-state index contributed by atoms with van der Waals surface area (Å²) in [4.78, 5) is 24.2. The second-order valence-electron chi connectivity index (χ2n) is 5.92. The SMILES string of the molecule is O=C(COc1cccc(F)c1)Oc1cccc(C(=O)NCc2ccccc2)c1. The second-order valence-corrected chi connectivity index (χ2v) is 5.92. The minimum Gasteiger partial charge on any atom is -0.482 e. The molecule has 0 aliphatic heterocycles. The van der Waals surface area contributed by atoms with E-state index in [4.69, 9.17) is 9.47 Å². The average molecular weight is 379 g/mol. The number of carbonyl (C=O) groups excluding carboxylic acids is 2. The van der Waals surface area contributed by atoms with E-state index in [1.807, 2.05) is 30.3 Å². The molecule has 0 atom stereocenters. The van der Waals surface area contributed by atoms with Crippen molar-refractivity contribution in [3.63, 3.8) is 0 Å². The molecule has 0 aromatic heterocycles. The van der Waals surface area contributed by atoms with Gasteiger partial charge in [-0.25, -0.2) is 9.18 Å². The summed E-state index contributed by atoms with van der Waals surface area (Å²) in [5.74, 6) is -0.949. The van der Waals surface area contributed by atoms with Crippen molar-refractivity contribution in [2.24, 2.45) is 0 Å². The van der Waals surface area contributed by atoms with E-state index in [9.17, 15) is 14.0 Å². The van der Waals surface area contributed by atoms with Gasteiger partial charge in [0.05, 0.1) is 0 Å². The van der Waals surface area contributed by atoms with Gasteiger partial charge in [0.15, 0.2) is 6.61 Å². The number of halogens is 1. The molecule has 0 bridgehead atoms. The number of nitrogens with one attached hydrogen (secondary N) is 1. The van der Waals surface area contributed by atoms with Gasteiger partial charge >= 0.3 is 5.97 Å². The van der Waals surface area contributed by atoms with Crippen LogP contribution in [0.4, 0.5) is 4.39 Å². The lowest BCUT2D eigenvalue weighted by Crippen LogP contribution is -2.23. The largest absolute Gasteiger partial charge is 0.482 e. The lowest BCUT2D eigenvalue weighted by atomic mass is 10.2. The molecular weight excluding hydrogens is 361 g/mol. The van der Waals surface area contributed by atoms with Crippen molar-refractivity contribution in [1.82, 2.24) is 5.32 Å². The highest BCUT2D eigenvalue weighted by molar-refractivity contribution is 5.94. The molecule has 1 amide bonds. The maximum absolute atomic E-state index is 13.1. The van der Waals surface area contributed by atoms with Crippen LogP contribution < -0.4 is 14.8 Å². The Hall–Kier alpha value is -3.67. The van der Waals surface area contributed by atoms with Crippen molar-refractivity contribution in [3.8, 4) is 11.5 Å². The second kappa shape index (κ2) is 9.32. The summed E-state index contributed by atoms with van der Waals surface area (Å²) in [5.41, 5.74) is 1.35. The van der Waals surface area contributed by atoms with E-state index in [-0.39, 0.29) is 24.0 Å². The number of ether oxygens (including phenoxy) is 2. The summed E-state index contributed by atoms with van der Waals surface area (Å²) < 4.78 is 23.5. The number of rotatable bonds is 7. The first-order chi connectivity index (χ1) is 13.6. The Morgan fingerprint density at radius 2 is 1.61 bits per heavy atom. The first kappa shape index (κ1) is 19.1. The Morgan fingerprint density at radius 1 is 0.857 bits per heavy atom. The standard InChI is InChI=1S/C22H18FNO4/c23-18-9-5-10-19(13-18)27-15-21(25)28-20-11-4-8-17(12-20)22(26)24-14-16-6-2-1-3-7-16/h1-13H,14-15H2,(H,24,26). The van der Waals surface area contributed by atoms with Gasteiger partial charge in [-0.1, -0.05) is 42.5 Å². The fourth-order valence-electron chi connectivity index (χ4n) is 2.44. The maximum Gasteiger partial charge on any atom is 0.349 e. The van der Waals surface area contributed by atoms with Crippen LogP contribution in [0, 0.1) is 5.82 Å². The van der Waals surface area contributed by atoms with Gasteiger partial charge in [-0.05, 0) is 35.9 Å². The van der Waals surface area contributed by atoms with Crippen LogP contribution >= 0.6 is 0 Å². The zero-order valence-corrected chi connectivity index (χ0v) is 14.9. The minimum absolute atomic E-state index is 0.222. The third kappa shape index (κ3) is 5.67. The first-order valence-corrected chi connectivity index (χ1v) is 8.61. The van der Waals surface area contributed by atoms with Gasteiger partial charge in [-0.2, -0.15) is 0 Å². The van der Waals surface area contributed by atoms with E-state index in [2.05, 4.69) is 5.32 Å². The summed E-state index contributed by atoms with van der Waals surface area (Å²) >= 11 is 0. The van der Waals surface area contributed by atoms with E-state index in [0.717, 1.165) is 5.56 Å². The first-order valence-electron chi connectivity index (χ1n) is 8.61. The van der Waals surface area contributed by atoms with E-state index in [0.29, 0.717) is 12.1 Å². The third-order valence-corrected chi connectivity index (χ3v) is 3.78. The number of esters is 1. The summed E-state index contributed by atoms with van der Waals surface area (Å²) in [5, 5.41) is 2.81. The number of hydrogen-bond acceptors (Lipinski definition) is 4. The Balaban J connectivity index is 1.53. The molecular formula is C22H18FNO4. The Morgan fingerprint density at radius 3 is 2.39 bits per heavy atom. The smallest absolute Gasteiger partial charge is 0.349 e. The van der Waals surface area contributed by atoms with Crippen LogP contribution in [0.5, 0.6) is 11.5 Å². The predicted octanol–water partition coefficient (Wildman–Crippen LogP) is 3.74. The van der Waals surface area contributed by atoms with Crippen LogP contribution in [0.25, 0.3) is 0 Å². The molecule has 0 aliphatic carbocycles. The number of benzene rings is 3. The molecule has 1 N–H and O–H groups in total. The molecule has 0 fully saturated rings. The molecule has 0 heterocycles. The van der Waals surface area contributed by atoms with Gasteiger partial charge in [0.1, 0.15) is 17.3 Å². The molecule has 0 unspecified atom stereocenters. The third-order valence-electron chi connectivity index (χ3n) is 3.78. The van der Waals surface area contributed by atoms with Crippen molar-refractivity contribution >= 4 is 11.9 Å². The van der Waals surface area contributed by atoms with Crippen LogP contribution in [-0.4, -0.2) is 18.5 Å². The normalized spacial score (nSPS) is 10.2. The van der Waals surface area contributed by atoms with Gasteiger partial charge in [-0.3, -0.25) is 4.79 Å². The molecule has 3 rings (SSSR count). The molecule has 28 heavy (non-hydrogen) atoms. The summed E-state index contributed by atoms with van der Waals surface area (Å²) in [6.07, 6.45) is 0. The van der Waals surface area contributed by atoms with E-state index in [1.54, 1.807) is 18.2 Å². The van der Waals surface area contributed by atoms with Crippen molar-refractivity contribution in [2.75, 3.05) is 6.61 Å². The molecule has 0 aliphatic rings. The molecule has 142 valence electrons. The Bertz CT molecular complexity index is 960. The van der Waals surface area contributed by atoms with Crippen LogP contribution in [0.15, 0.2) is 78.9 Å². The molecule has 3 aromatic carbocycles. The van der Waals surface area contributed by atoms with Crippen LogP contribution in [0.2, 0.25) is 0 Å². The lowest BCUT2D eigenvalue weighted by molar-refractivity contribution is -0.136. The van der Waals surface area contributed by atoms with Crippen LogP contribution in [-0.2, 0) is 11.3 Å². The molecule has 0 spiro atoms. The van der Waals surface area contributed by atoms with Crippen LogP contribution in [0.1, 0.15) is 15.9 Å². The van der Waals surface area contributed by atoms with Gasteiger partial charge in [0.25, 0.3) is 5.91 Å². The zero-order chi connectivity index (χ0) is 19.8. The van der Waals surface area contributed by atoms with Gasteiger partial charge in [0, 0.05) is 18.2 Å². The number of carbonyl (C=O) groups is 2. The topological polar surface area (TPSA) is 64.6 Å². The highest BCUT2D eigenvalue weighted by Crippen LogP contribution is 2.15. The van der Waals surface area contributed by atoms with E-state index in [1.165, 1.54) is 30.3 Å². The molecule has 0 saturated carbocycles. The number of amides is 1.